The molecule has 0 aromatic heterocycles. The topological polar surface area (TPSA) is 46.6 Å². The van der Waals surface area contributed by atoms with Crippen molar-refractivity contribution in [2.24, 2.45) is 0 Å². The third kappa shape index (κ3) is 3.88. The standard InChI is InChI=1S/C22H20BrNO3/c1-4-27-22(26)20-15(3)24(18-10-8-14(2)9-11-18)21(25)19(20)13-16-6-5-7-17(23)12-16/h5-13H,4H2,1-3H3/b19-13-. The fraction of sp³-hybridized carbons (Fsp3) is 0.182. The first-order valence-electron chi connectivity index (χ1n) is 8.69. The normalized spacial score (nSPS) is 15.6. The van der Waals surface area contributed by atoms with Gasteiger partial charge in [0.25, 0.3) is 5.91 Å². The van der Waals surface area contributed by atoms with E-state index in [1.807, 2.05) is 55.5 Å². The van der Waals surface area contributed by atoms with Crippen LogP contribution in [0.25, 0.3) is 6.08 Å². The Bertz CT molecular complexity index is 958. The largest absolute Gasteiger partial charge is 0.462 e. The Balaban J connectivity index is 2.12. The minimum absolute atomic E-state index is 0.237. The zero-order valence-electron chi connectivity index (χ0n) is 15.5. The number of carbonyl (C=O) groups excluding carboxylic acids is 2. The lowest BCUT2D eigenvalue weighted by molar-refractivity contribution is -0.138. The Morgan fingerprint density at radius 3 is 2.48 bits per heavy atom. The van der Waals surface area contributed by atoms with Gasteiger partial charge in [0.1, 0.15) is 0 Å². The van der Waals surface area contributed by atoms with Crippen LogP contribution in [-0.2, 0) is 14.3 Å². The van der Waals surface area contributed by atoms with Crippen molar-refractivity contribution < 1.29 is 14.3 Å². The van der Waals surface area contributed by atoms with Crippen LogP contribution in [0.15, 0.2) is 69.8 Å². The Kier molecular flexibility index (Phi) is 5.61. The summed E-state index contributed by atoms with van der Waals surface area (Å²) in [4.78, 5) is 27.4. The quantitative estimate of drug-likeness (QED) is 0.509. The number of nitrogens with zero attached hydrogens (tertiary/aromatic N) is 1. The number of amides is 1. The molecular formula is C22H20BrNO3. The van der Waals surface area contributed by atoms with Crippen LogP contribution in [0, 0.1) is 6.92 Å². The first kappa shape index (κ1) is 19.1. The fourth-order valence-electron chi connectivity index (χ4n) is 3.05. The molecule has 0 atom stereocenters. The Morgan fingerprint density at radius 2 is 1.85 bits per heavy atom. The average molecular weight is 426 g/mol. The molecule has 1 amide bonds. The molecular weight excluding hydrogens is 406 g/mol. The van der Waals surface area contributed by atoms with E-state index in [0.717, 1.165) is 21.3 Å². The van der Waals surface area contributed by atoms with Crippen LogP contribution in [0.4, 0.5) is 5.69 Å². The minimum Gasteiger partial charge on any atom is -0.462 e. The smallest absolute Gasteiger partial charge is 0.340 e. The van der Waals surface area contributed by atoms with Gasteiger partial charge in [0.05, 0.1) is 17.8 Å². The molecule has 2 aromatic carbocycles. The van der Waals surface area contributed by atoms with Gasteiger partial charge in [-0.25, -0.2) is 4.79 Å². The van der Waals surface area contributed by atoms with Crippen molar-refractivity contribution in [3.05, 3.63) is 81.0 Å². The number of hydrogen-bond acceptors (Lipinski definition) is 3. The van der Waals surface area contributed by atoms with Gasteiger partial charge in [0.15, 0.2) is 0 Å². The average Bonchev–Trinajstić information content (AvgIpc) is 2.86. The summed E-state index contributed by atoms with van der Waals surface area (Å²) < 4.78 is 6.11. The molecule has 2 aromatic rings. The van der Waals surface area contributed by atoms with E-state index < -0.39 is 5.97 Å². The second kappa shape index (κ2) is 7.92. The number of ether oxygens (including phenoxy) is 1. The Morgan fingerprint density at radius 1 is 1.15 bits per heavy atom. The molecule has 0 bridgehead atoms. The molecule has 1 heterocycles. The first-order valence-corrected chi connectivity index (χ1v) is 9.48. The highest BCUT2D eigenvalue weighted by molar-refractivity contribution is 9.10. The van der Waals surface area contributed by atoms with Crippen molar-refractivity contribution in [3.8, 4) is 0 Å². The van der Waals surface area contributed by atoms with Gasteiger partial charge in [-0.3, -0.25) is 9.69 Å². The van der Waals surface area contributed by atoms with Gasteiger partial charge in [0.2, 0.25) is 0 Å². The van der Waals surface area contributed by atoms with Crippen molar-refractivity contribution in [2.45, 2.75) is 20.8 Å². The fourth-order valence-corrected chi connectivity index (χ4v) is 3.47. The lowest BCUT2D eigenvalue weighted by Gasteiger charge is -2.18. The van der Waals surface area contributed by atoms with E-state index in [0.29, 0.717) is 16.8 Å². The number of hydrogen-bond donors (Lipinski definition) is 0. The van der Waals surface area contributed by atoms with Crippen LogP contribution in [0.5, 0.6) is 0 Å². The molecule has 27 heavy (non-hydrogen) atoms. The third-order valence-corrected chi connectivity index (χ3v) is 4.82. The SMILES string of the molecule is CCOC(=O)C1=C(C)N(c2ccc(C)cc2)C(=O)/C1=C\c1cccc(Br)c1. The second-order valence-corrected chi connectivity index (χ2v) is 7.19. The predicted octanol–water partition coefficient (Wildman–Crippen LogP) is 5.02. The van der Waals surface area contributed by atoms with Gasteiger partial charge < -0.3 is 4.74 Å². The van der Waals surface area contributed by atoms with E-state index in [1.165, 1.54) is 0 Å². The number of benzene rings is 2. The molecule has 0 aliphatic carbocycles. The van der Waals surface area contributed by atoms with Crippen molar-refractivity contribution in [1.29, 1.82) is 0 Å². The van der Waals surface area contributed by atoms with Gasteiger partial charge in [0, 0.05) is 15.9 Å². The van der Waals surface area contributed by atoms with Gasteiger partial charge in [-0.1, -0.05) is 45.8 Å². The highest BCUT2D eigenvalue weighted by atomic mass is 79.9. The van der Waals surface area contributed by atoms with E-state index >= 15 is 0 Å². The molecule has 0 saturated heterocycles. The maximum Gasteiger partial charge on any atom is 0.340 e. The summed E-state index contributed by atoms with van der Waals surface area (Å²) >= 11 is 3.43. The Hall–Kier alpha value is -2.66. The number of esters is 1. The molecule has 1 aliphatic heterocycles. The lowest BCUT2D eigenvalue weighted by Crippen LogP contribution is -2.24. The molecule has 3 rings (SSSR count). The van der Waals surface area contributed by atoms with E-state index in [4.69, 9.17) is 4.74 Å². The molecule has 0 radical (unpaired) electrons. The van der Waals surface area contributed by atoms with Crippen molar-refractivity contribution in [2.75, 3.05) is 11.5 Å². The number of anilines is 1. The summed E-state index contributed by atoms with van der Waals surface area (Å²) in [5, 5.41) is 0. The summed E-state index contributed by atoms with van der Waals surface area (Å²) in [6, 6.07) is 15.2. The van der Waals surface area contributed by atoms with Gasteiger partial charge in [-0.2, -0.15) is 0 Å². The van der Waals surface area contributed by atoms with Gasteiger partial charge in [-0.15, -0.1) is 0 Å². The van der Waals surface area contributed by atoms with Gasteiger partial charge in [-0.05, 0) is 56.7 Å². The maximum atomic E-state index is 13.2. The van der Waals surface area contributed by atoms with Crippen LogP contribution >= 0.6 is 15.9 Å². The first-order chi connectivity index (χ1) is 12.9. The molecule has 0 fully saturated rings. The molecule has 5 heteroatoms. The molecule has 0 unspecified atom stereocenters. The number of halogens is 1. The molecule has 4 nitrogen and oxygen atoms in total. The Labute approximate surface area is 167 Å². The highest BCUT2D eigenvalue weighted by Crippen LogP contribution is 2.35. The lowest BCUT2D eigenvalue weighted by atomic mass is 10.0. The van der Waals surface area contributed by atoms with E-state index in [9.17, 15) is 9.59 Å². The monoisotopic (exact) mass is 425 g/mol. The van der Waals surface area contributed by atoms with Crippen molar-refractivity contribution in [3.63, 3.8) is 0 Å². The number of carbonyl (C=O) groups is 2. The zero-order chi connectivity index (χ0) is 19.6. The van der Waals surface area contributed by atoms with E-state index in [2.05, 4.69) is 15.9 Å². The number of allylic oxidation sites excluding steroid dienone is 1. The van der Waals surface area contributed by atoms with Crippen LogP contribution in [0.3, 0.4) is 0 Å². The minimum atomic E-state index is -0.487. The summed E-state index contributed by atoms with van der Waals surface area (Å²) in [6.45, 7) is 5.76. The molecule has 0 N–H and O–H groups in total. The van der Waals surface area contributed by atoms with E-state index in [1.54, 1.807) is 24.8 Å². The zero-order valence-corrected chi connectivity index (χ0v) is 17.0. The van der Waals surface area contributed by atoms with Crippen LogP contribution < -0.4 is 4.90 Å². The van der Waals surface area contributed by atoms with E-state index in [-0.39, 0.29) is 12.5 Å². The molecule has 138 valence electrons. The van der Waals surface area contributed by atoms with Crippen LogP contribution in [-0.4, -0.2) is 18.5 Å². The maximum absolute atomic E-state index is 13.2. The summed E-state index contributed by atoms with van der Waals surface area (Å²) in [5.74, 6) is -0.724. The summed E-state index contributed by atoms with van der Waals surface area (Å²) in [5.41, 5.74) is 3.87. The third-order valence-electron chi connectivity index (χ3n) is 4.33. The summed E-state index contributed by atoms with van der Waals surface area (Å²) in [7, 11) is 0. The molecule has 0 saturated carbocycles. The molecule has 1 aliphatic rings. The van der Waals surface area contributed by atoms with Crippen LogP contribution in [0.1, 0.15) is 25.0 Å². The summed E-state index contributed by atoms with van der Waals surface area (Å²) in [6.07, 6.45) is 1.73. The van der Waals surface area contributed by atoms with Gasteiger partial charge >= 0.3 is 5.97 Å². The molecule has 0 spiro atoms. The van der Waals surface area contributed by atoms with Crippen molar-refractivity contribution in [1.82, 2.24) is 0 Å². The van der Waals surface area contributed by atoms with Crippen LogP contribution in [0.2, 0.25) is 0 Å². The highest BCUT2D eigenvalue weighted by Gasteiger charge is 2.38. The second-order valence-electron chi connectivity index (χ2n) is 6.27. The predicted molar refractivity (Wildman–Crippen MR) is 110 cm³/mol. The van der Waals surface area contributed by atoms with Crippen molar-refractivity contribution >= 4 is 39.6 Å². The number of rotatable bonds is 4. The number of aryl methyl sites for hydroxylation is 1.